The van der Waals surface area contributed by atoms with Crippen LogP contribution in [0.3, 0.4) is 0 Å². The van der Waals surface area contributed by atoms with Crippen LogP contribution >= 0.6 is 23.1 Å². The minimum absolute atomic E-state index is 0.0241. The van der Waals surface area contributed by atoms with Gasteiger partial charge in [0.15, 0.2) is 0 Å². The molecule has 3 heterocycles. The van der Waals surface area contributed by atoms with Gasteiger partial charge in [-0.2, -0.15) is 5.10 Å². The molecule has 1 N–H and O–H groups in total. The average molecular weight is 511 g/mol. The zero-order valence-electron chi connectivity index (χ0n) is 21.3. The number of aryl methyl sites for hydroxylation is 2. The monoisotopic (exact) mass is 510 g/mol. The van der Waals surface area contributed by atoms with E-state index < -0.39 is 0 Å². The molecule has 3 aromatic rings. The summed E-state index contributed by atoms with van der Waals surface area (Å²) in [5.74, 6) is 0.779. The molecule has 8 heteroatoms. The molecule has 2 amide bonds. The molecule has 4 rings (SSSR count). The first-order valence-corrected chi connectivity index (χ1v) is 14.0. The lowest BCUT2D eigenvalue weighted by Crippen LogP contribution is -2.42. The van der Waals surface area contributed by atoms with Gasteiger partial charge in [0.1, 0.15) is 12.4 Å². The quantitative estimate of drug-likeness (QED) is 0.473. The highest BCUT2D eigenvalue weighted by atomic mass is 32.2. The molecule has 6 nitrogen and oxygen atoms in total. The lowest BCUT2D eigenvalue weighted by Gasteiger charge is -2.24. The molecular formula is C27H34N4O2S2. The first kappa shape index (κ1) is 25.5. The van der Waals surface area contributed by atoms with Crippen LogP contribution in [0.4, 0.5) is 5.82 Å². The van der Waals surface area contributed by atoms with Crippen LogP contribution in [0.5, 0.6) is 0 Å². The average Bonchev–Trinajstić information content (AvgIpc) is 3.42. The van der Waals surface area contributed by atoms with Crippen LogP contribution in [-0.2, 0) is 15.0 Å². The van der Waals surface area contributed by atoms with E-state index in [9.17, 15) is 9.59 Å². The molecule has 1 aliphatic rings. The summed E-state index contributed by atoms with van der Waals surface area (Å²) in [5, 5.41) is 10.1. The number of thioether (sulfide) groups is 1. The number of carbonyl (C=O) groups is 2. The number of nitrogens with zero attached hydrogens (tertiary/aromatic N) is 3. The standard InChI is InChI=1S/C27H34N4O2S2/c1-7-12-28-21(32)15-30-22(33)16-35-24(20-9-8-13-34-20)23-25(27(4,5)6)29-31(26(23)30)19-11-10-17(2)14-18(19)3/h8-11,13-14,24H,7,12,15-16H2,1-6H3,(H,28,32). The number of amides is 2. The Morgan fingerprint density at radius 3 is 2.63 bits per heavy atom. The molecule has 1 aromatic carbocycles. The third-order valence-electron chi connectivity index (χ3n) is 6.06. The summed E-state index contributed by atoms with van der Waals surface area (Å²) in [6, 6.07) is 10.4. The van der Waals surface area contributed by atoms with E-state index in [0.717, 1.165) is 28.9 Å². The molecule has 1 atom stereocenters. The highest BCUT2D eigenvalue weighted by Gasteiger charge is 2.40. The number of thiophene rings is 1. The second-order valence-electron chi connectivity index (χ2n) is 10.1. The van der Waals surface area contributed by atoms with Crippen LogP contribution in [0.15, 0.2) is 35.7 Å². The van der Waals surface area contributed by atoms with Crippen LogP contribution in [0.1, 0.15) is 66.6 Å². The molecule has 1 unspecified atom stereocenters. The van der Waals surface area contributed by atoms with Gasteiger partial charge in [-0.25, -0.2) is 4.68 Å². The van der Waals surface area contributed by atoms with Crippen molar-refractivity contribution in [1.82, 2.24) is 15.1 Å². The Bertz CT molecular complexity index is 1220. The summed E-state index contributed by atoms with van der Waals surface area (Å²) in [5.41, 5.74) is 4.88. The van der Waals surface area contributed by atoms with Gasteiger partial charge in [-0.3, -0.25) is 14.5 Å². The summed E-state index contributed by atoms with van der Waals surface area (Å²) in [6.45, 7) is 13.2. The Balaban J connectivity index is 2.00. The number of anilines is 1. The van der Waals surface area contributed by atoms with Gasteiger partial charge < -0.3 is 5.32 Å². The summed E-state index contributed by atoms with van der Waals surface area (Å²) in [6.07, 6.45) is 0.843. The molecule has 0 saturated heterocycles. The normalized spacial score (nSPS) is 16.2. The number of benzene rings is 1. The van der Waals surface area contributed by atoms with E-state index in [-0.39, 0.29) is 29.0 Å². The molecule has 0 fully saturated rings. The second kappa shape index (κ2) is 10.2. The molecule has 1 aliphatic heterocycles. The lowest BCUT2D eigenvalue weighted by molar-refractivity contribution is -0.122. The van der Waals surface area contributed by atoms with Gasteiger partial charge in [0.25, 0.3) is 0 Å². The summed E-state index contributed by atoms with van der Waals surface area (Å²) in [4.78, 5) is 29.3. The number of carbonyl (C=O) groups excluding carboxylic acids is 2. The number of hydrogen-bond donors (Lipinski definition) is 1. The van der Waals surface area contributed by atoms with Gasteiger partial charge in [0, 0.05) is 22.4 Å². The van der Waals surface area contributed by atoms with Crippen LogP contribution in [0.2, 0.25) is 0 Å². The molecule has 0 saturated carbocycles. The number of hydrogen-bond acceptors (Lipinski definition) is 5. The smallest absolute Gasteiger partial charge is 0.240 e. The Labute approximate surface area is 216 Å². The molecule has 35 heavy (non-hydrogen) atoms. The van der Waals surface area contributed by atoms with E-state index >= 15 is 0 Å². The van der Waals surface area contributed by atoms with Crippen LogP contribution in [-0.4, -0.2) is 40.4 Å². The molecule has 2 aromatic heterocycles. The maximum absolute atomic E-state index is 13.6. The van der Waals surface area contributed by atoms with Crippen molar-refractivity contribution >= 4 is 40.7 Å². The highest BCUT2D eigenvalue weighted by Crippen LogP contribution is 2.49. The molecular weight excluding hydrogens is 476 g/mol. The minimum Gasteiger partial charge on any atom is -0.355 e. The molecule has 0 bridgehead atoms. The predicted molar refractivity (Wildman–Crippen MR) is 146 cm³/mol. The first-order chi connectivity index (χ1) is 16.6. The van der Waals surface area contributed by atoms with E-state index in [0.29, 0.717) is 18.1 Å². The molecule has 0 spiro atoms. The fourth-order valence-electron chi connectivity index (χ4n) is 4.41. The maximum atomic E-state index is 13.6. The zero-order valence-corrected chi connectivity index (χ0v) is 23.0. The number of aromatic nitrogens is 2. The van der Waals surface area contributed by atoms with E-state index in [1.165, 1.54) is 10.4 Å². The Morgan fingerprint density at radius 1 is 1.23 bits per heavy atom. The SMILES string of the molecule is CCCNC(=O)CN1C(=O)CSC(c2cccs2)c2c(C(C)(C)C)nn(-c3ccc(C)cc3C)c21. The zero-order chi connectivity index (χ0) is 25.3. The fraction of sp³-hybridized carbons (Fsp3) is 0.444. The third-order valence-corrected chi connectivity index (χ3v) is 8.38. The van der Waals surface area contributed by atoms with Crippen molar-refractivity contribution in [3.8, 4) is 5.69 Å². The summed E-state index contributed by atoms with van der Waals surface area (Å²) in [7, 11) is 0. The fourth-order valence-corrected chi connectivity index (χ4v) is 6.59. The molecule has 0 radical (unpaired) electrons. The van der Waals surface area contributed by atoms with Crippen LogP contribution in [0.25, 0.3) is 5.69 Å². The molecule has 186 valence electrons. The Kier molecular flexibility index (Phi) is 7.43. The van der Waals surface area contributed by atoms with Gasteiger partial charge in [0.05, 0.1) is 22.4 Å². The van der Waals surface area contributed by atoms with Gasteiger partial charge >= 0.3 is 0 Å². The number of nitrogens with one attached hydrogen (secondary N) is 1. The van der Waals surface area contributed by atoms with Gasteiger partial charge in [0.2, 0.25) is 11.8 Å². The first-order valence-electron chi connectivity index (χ1n) is 12.0. The van der Waals surface area contributed by atoms with E-state index in [1.807, 2.05) is 17.7 Å². The van der Waals surface area contributed by atoms with Crippen molar-refractivity contribution in [2.45, 2.75) is 58.6 Å². The van der Waals surface area contributed by atoms with Crippen molar-refractivity contribution in [3.05, 3.63) is 63.0 Å². The minimum atomic E-state index is -0.256. The van der Waals surface area contributed by atoms with Crippen molar-refractivity contribution in [3.63, 3.8) is 0 Å². The largest absolute Gasteiger partial charge is 0.355 e. The van der Waals surface area contributed by atoms with Crippen molar-refractivity contribution in [2.75, 3.05) is 23.7 Å². The second-order valence-corrected chi connectivity index (χ2v) is 12.1. The number of rotatable bonds is 6. The summed E-state index contributed by atoms with van der Waals surface area (Å²) >= 11 is 3.31. The maximum Gasteiger partial charge on any atom is 0.240 e. The predicted octanol–water partition coefficient (Wildman–Crippen LogP) is 5.54. The van der Waals surface area contributed by atoms with Gasteiger partial charge in [-0.15, -0.1) is 23.1 Å². The Morgan fingerprint density at radius 2 is 2.00 bits per heavy atom. The van der Waals surface area contributed by atoms with E-state index in [2.05, 4.69) is 69.6 Å². The van der Waals surface area contributed by atoms with Crippen molar-refractivity contribution in [1.29, 1.82) is 0 Å². The topological polar surface area (TPSA) is 67.2 Å². The Hall–Kier alpha value is -2.58. The third kappa shape index (κ3) is 5.19. The van der Waals surface area contributed by atoms with Crippen molar-refractivity contribution < 1.29 is 9.59 Å². The van der Waals surface area contributed by atoms with Gasteiger partial charge in [-0.05, 0) is 43.3 Å². The van der Waals surface area contributed by atoms with Gasteiger partial charge in [-0.1, -0.05) is 51.5 Å². The lowest BCUT2D eigenvalue weighted by atomic mass is 9.88. The van der Waals surface area contributed by atoms with E-state index in [1.54, 1.807) is 28.0 Å². The highest BCUT2D eigenvalue weighted by molar-refractivity contribution is 8.00. The van der Waals surface area contributed by atoms with E-state index in [4.69, 9.17) is 5.10 Å². The van der Waals surface area contributed by atoms with Crippen LogP contribution < -0.4 is 10.2 Å². The van der Waals surface area contributed by atoms with Crippen molar-refractivity contribution in [2.24, 2.45) is 0 Å². The van der Waals surface area contributed by atoms with Crippen LogP contribution in [0, 0.1) is 13.8 Å². The summed E-state index contributed by atoms with van der Waals surface area (Å²) < 4.78 is 1.90. The number of fused-ring (bicyclic) bond motifs is 1. The molecule has 0 aliphatic carbocycles.